The summed E-state index contributed by atoms with van der Waals surface area (Å²) in [5.74, 6) is -0.430. The predicted octanol–water partition coefficient (Wildman–Crippen LogP) is 2.54. The number of hydrogen-bond acceptors (Lipinski definition) is 6. The second kappa shape index (κ2) is 6.78. The van der Waals surface area contributed by atoms with Crippen LogP contribution in [0.1, 0.15) is 43.1 Å². The number of amides is 1. The molecule has 0 aromatic carbocycles. The van der Waals surface area contributed by atoms with Crippen molar-refractivity contribution >= 4 is 23.3 Å². The summed E-state index contributed by atoms with van der Waals surface area (Å²) >= 11 is 0. The first kappa shape index (κ1) is 17.9. The number of fused-ring (bicyclic) bond motifs is 1. The third-order valence-corrected chi connectivity index (χ3v) is 4.03. The summed E-state index contributed by atoms with van der Waals surface area (Å²) < 4.78 is 11.9. The van der Waals surface area contributed by atoms with E-state index >= 15 is 0 Å². The fraction of sp³-hybridized carbons (Fsp3) is 0.444. The third-order valence-electron chi connectivity index (χ3n) is 4.03. The van der Waals surface area contributed by atoms with Crippen LogP contribution in [0, 0.1) is 0 Å². The molecule has 0 aliphatic carbocycles. The van der Waals surface area contributed by atoms with Gasteiger partial charge < -0.3 is 14.4 Å². The van der Waals surface area contributed by atoms with E-state index in [1.54, 1.807) is 21.7 Å². The molecule has 0 saturated carbocycles. The highest BCUT2D eigenvalue weighted by atomic mass is 16.6. The predicted molar refractivity (Wildman–Crippen MR) is 94.7 cm³/mol. The average Bonchev–Trinajstić information content (AvgIpc) is 3.06. The van der Waals surface area contributed by atoms with Gasteiger partial charge in [0.15, 0.2) is 5.65 Å². The molecule has 0 radical (unpaired) electrons. The van der Waals surface area contributed by atoms with Gasteiger partial charge in [0, 0.05) is 24.8 Å². The van der Waals surface area contributed by atoms with E-state index < -0.39 is 11.6 Å². The smallest absolute Gasteiger partial charge is 0.410 e. The Labute approximate surface area is 151 Å². The van der Waals surface area contributed by atoms with Crippen molar-refractivity contribution in [1.29, 1.82) is 0 Å². The number of methoxy groups -OCH3 is 1. The summed E-state index contributed by atoms with van der Waals surface area (Å²) in [5.41, 5.74) is 2.17. The number of esters is 1. The first-order chi connectivity index (χ1) is 12.3. The maximum absolute atomic E-state index is 12.2. The quantitative estimate of drug-likeness (QED) is 0.767. The molecule has 138 valence electrons. The number of carbonyl (C=O) groups excluding carboxylic acids is 2. The topological polar surface area (TPSA) is 86.0 Å². The molecule has 0 atom stereocenters. The van der Waals surface area contributed by atoms with Gasteiger partial charge in [0.1, 0.15) is 11.9 Å². The molecule has 0 unspecified atom stereocenters. The Morgan fingerprint density at radius 3 is 2.65 bits per heavy atom. The monoisotopic (exact) mass is 358 g/mol. The minimum atomic E-state index is -0.530. The Morgan fingerprint density at radius 1 is 1.27 bits per heavy atom. The van der Waals surface area contributed by atoms with E-state index in [4.69, 9.17) is 9.47 Å². The van der Waals surface area contributed by atoms with Gasteiger partial charge >= 0.3 is 12.1 Å². The first-order valence-corrected chi connectivity index (χ1v) is 8.37. The molecule has 0 saturated heterocycles. The van der Waals surface area contributed by atoms with Gasteiger partial charge in [-0.15, -0.1) is 0 Å². The highest BCUT2D eigenvalue weighted by Crippen LogP contribution is 2.27. The van der Waals surface area contributed by atoms with Crippen molar-refractivity contribution in [2.75, 3.05) is 20.2 Å². The Balaban J connectivity index is 1.88. The normalized spacial score (nSPS) is 14.9. The number of pyridine rings is 1. The molecule has 8 nitrogen and oxygen atoms in total. The molecule has 2 aromatic rings. The molecule has 8 heteroatoms. The van der Waals surface area contributed by atoms with Crippen molar-refractivity contribution in [3.05, 3.63) is 35.8 Å². The number of aromatic nitrogens is 3. The van der Waals surface area contributed by atoms with Crippen LogP contribution in [0.2, 0.25) is 0 Å². The van der Waals surface area contributed by atoms with E-state index in [2.05, 4.69) is 10.1 Å². The van der Waals surface area contributed by atoms with Crippen molar-refractivity contribution < 1.29 is 19.1 Å². The summed E-state index contributed by atoms with van der Waals surface area (Å²) in [6.07, 6.45) is 5.39. The zero-order valence-corrected chi connectivity index (χ0v) is 15.4. The summed E-state index contributed by atoms with van der Waals surface area (Å²) in [5, 5.41) is 4.13. The van der Waals surface area contributed by atoms with Crippen LogP contribution in [0.4, 0.5) is 4.79 Å². The summed E-state index contributed by atoms with van der Waals surface area (Å²) in [6.45, 7) is 6.45. The zero-order valence-electron chi connectivity index (χ0n) is 15.4. The molecule has 3 heterocycles. The lowest BCUT2D eigenvalue weighted by Crippen LogP contribution is -2.39. The summed E-state index contributed by atoms with van der Waals surface area (Å²) in [4.78, 5) is 30.1. The largest absolute Gasteiger partial charge is 0.465 e. The lowest BCUT2D eigenvalue weighted by molar-refractivity contribution is 0.0270. The van der Waals surface area contributed by atoms with E-state index in [9.17, 15) is 9.59 Å². The second-order valence-corrected chi connectivity index (χ2v) is 7.06. The maximum Gasteiger partial charge on any atom is 0.410 e. The number of rotatable bonds is 2. The standard InChI is InChI=1S/C18H22N4O4/c1-18(2,3)26-17(24)21-7-5-12(6-8-21)14-10-22-15(19-11-20-22)9-13(14)16(23)25-4/h5,9-11H,6-8H2,1-4H3. The van der Waals surface area contributed by atoms with Gasteiger partial charge in [0.2, 0.25) is 0 Å². The molecule has 0 fully saturated rings. The molecule has 2 aromatic heterocycles. The number of hydrogen-bond donors (Lipinski definition) is 0. The molecule has 1 amide bonds. The van der Waals surface area contributed by atoms with E-state index in [1.165, 1.54) is 13.4 Å². The van der Waals surface area contributed by atoms with E-state index in [0.717, 1.165) is 11.1 Å². The highest BCUT2D eigenvalue weighted by Gasteiger charge is 2.25. The number of nitrogens with zero attached hydrogens (tertiary/aromatic N) is 4. The van der Waals surface area contributed by atoms with Crippen molar-refractivity contribution in [3.8, 4) is 0 Å². The summed E-state index contributed by atoms with van der Waals surface area (Å²) in [6, 6.07) is 1.66. The van der Waals surface area contributed by atoms with Gasteiger partial charge in [0.05, 0.1) is 12.7 Å². The molecule has 26 heavy (non-hydrogen) atoms. The van der Waals surface area contributed by atoms with Gasteiger partial charge in [-0.2, -0.15) is 5.10 Å². The molecule has 0 bridgehead atoms. The van der Waals surface area contributed by atoms with Gasteiger partial charge in [-0.25, -0.2) is 19.1 Å². The van der Waals surface area contributed by atoms with Gasteiger partial charge in [0.25, 0.3) is 0 Å². The van der Waals surface area contributed by atoms with Crippen LogP contribution in [-0.4, -0.2) is 57.4 Å². The van der Waals surface area contributed by atoms with E-state index in [1.807, 2.05) is 26.8 Å². The van der Waals surface area contributed by atoms with Crippen LogP contribution >= 0.6 is 0 Å². The van der Waals surface area contributed by atoms with E-state index in [0.29, 0.717) is 30.7 Å². The van der Waals surface area contributed by atoms with Gasteiger partial charge in [-0.1, -0.05) is 6.08 Å². The number of carbonyl (C=O) groups is 2. The minimum absolute atomic E-state index is 0.340. The van der Waals surface area contributed by atoms with Crippen molar-refractivity contribution in [1.82, 2.24) is 19.5 Å². The highest BCUT2D eigenvalue weighted by molar-refractivity contribution is 5.96. The van der Waals surface area contributed by atoms with Crippen molar-refractivity contribution in [2.24, 2.45) is 0 Å². The lowest BCUT2D eigenvalue weighted by Gasteiger charge is -2.29. The molecule has 1 aliphatic rings. The average molecular weight is 358 g/mol. The van der Waals surface area contributed by atoms with Crippen LogP contribution in [0.15, 0.2) is 24.7 Å². The Hall–Kier alpha value is -2.90. The maximum atomic E-state index is 12.2. The molecule has 3 rings (SSSR count). The van der Waals surface area contributed by atoms with Gasteiger partial charge in [-0.3, -0.25) is 0 Å². The van der Waals surface area contributed by atoms with Gasteiger partial charge in [-0.05, 0) is 38.8 Å². The SMILES string of the molecule is COC(=O)c1cc2ncnn2cc1C1=CCN(C(=O)OC(C)(C)C)CC1. The lowest BCUT2D eigenvalue weighted by atomic mass is 9.96. The minimum Gasteiger partial charge on any atom is -0.465 e. The van der Waals surface area contributed by atoms with Crippen molar-refractivity contribution in [3.63, 3.8) is 0 Å². The molecule has 0 spiro atoms. The van der Waals surface area contributed by atoms with Crippen LogP contribution in [-0.2, 0) is 9.47 Å². The van der Waals surface area contributed by atoms with Crippen LogP contribution in [0.25, 0.3) is 11.2 Å². The fourth-order valence-corrected chi connectivity index (χ4v) is 2.80. The van der Waals surface area contributed by atoms with E-state index in [-0.39, 0.29) is 6.09 Å². The third kappa shape index (κ3) is 3.68. The molecular weight excluding hydrogens is 336 g/mol. The first-order valence-electron chi connectivity index (χ1n) is 8.37. The Kier molecular flexibility index (Phi) is 4.67. The Morgan fingerprint density at radius 2 is 2.04 bits per heavy atom. The zero-order chi connectivity index (χ0) is 18.9. The van der Waals surface area contributed by atoms with Crippen molar-refractivity contribution in [2.45, 2.75) is 32.8 Å². The Bertz CT molecular complexity index is 879. The van der Waals surface area contributed by atoms with Crippen LogP contribution < -0.4 is 0 Å². The molecular formula is C18H22N4O4. The van der Waals surface area contributed by atoms with Crippen LogP contribution in [0.5, 0.6) is 0 Å². The molecule has 1 aliphatic heterocycles. The fourth-order valence-electron chi connectivity index (χ4n) is 2.80. The number of ether oxygens (including phenoxy) is 2. The second-order valence-electron chi connectivity index (χ2n) is 7.06. The van der Waals surface area contributed by atoms with Crippen LogP contribution in [0.3, 0.4) is 0 Å². The molecule has 0 N–H and O–H groups in total. The summed E-state index contributed by atoms with van der Waals surface area (Å²) in [7, 11) is 1.35.